The van der Waals surface area contributed by atoms with Crippen molar-refractivity contribution in [3.8, 4) is 34.5 Å². The van der Waals surface area contributed by atoms with Gasteiger partial charge in [-0.15, -0.1) is 0 Å². The molecule has 1 fully saturated rings. The van der Waals surface area contributed by atoms with Gasteiger partial charge in [-0.25, -0.2) is 19.7 Å². The van der Waals surface area contributed by atoms with Gasteiger partial charge in [-0.3, -0.25) is 4.79 Å². The maximum Gasteiger partial charge on any atom is 0.356 e. The van der Waals surface area contributed by atoms with E-state index in [4.69, 9.17) is 4.74 Å². The van der Waals surface area contributed by atoms with E-state index in [0.717, 1.165) is 0 Å². The third-order valence-corrected chi connectivity index (χ3v) is 5.22. The Morgan fingerprint density at radius 1 is 1.18 bits per heavy atom. The molecule has 0 aliphatic carbocycles. The number of aromatic nitrogens is 3. The molecule has 3 heterocycles. The van der Waals surface area contributed by atoms with Crippen molar-refractivity contribution in [1.29, 1.82) is 0 Å². The molecule has 2 aromatic heterocycles. The van der Waals surface area contributed by atoms with Crippen LogP contribution in [0.1, 0.15) is 29.4 Å². The number of amides is 1. The number of hydrogen-bond acceptors (Lipinski definition) is 7. The van der Waals surface area contributed by atoms with Crippen molar-refractivity contribution in [2.24, 2.45) is 0 Å². The predicted molar refractivity (Wildman–Crippen MR) is 121 cm³/mol. The Morgan fingerprint density at radius 3 is 2.67 bits per heavy atom. The van der Waals surface area contributed by atoms with Crippen LogP contribution in [0.15, 0.2) is 54.9 Å². The third-order valence-electron chi connectivity index (χ3n) is 5.22. The Labute approximate surface area is 191 Å². The van der Waals surface area contributed by atoms with Crippen LogP contribution < -0.4 is 0 Å². The van der Waals surface area contributed by atoms with Gasteiger partial charge < -0.3 is 14.7 Å². The summed E-state index contributed by atoms with van der Waals surface area (Å²) < 4.78 is 5.13. The Bertz CT molecular complexity index is 1270. The summed E-state index contributed by atoms with van der Waals surface area (Å²) in [6, 6.07) is 12.3. The first-order chi connectivity index (χ1) is 15.9. The van der Waals surface area contributed by atoms with Gasteiger partial charge in [-0.1, -0.05) is 24.0 Å². The van der Waals surface area contributed by atoms with Crippen LogP contribution >= 0.6 is 0 Å². The fraction of sp³-hybridized carbons (Fsp3) is 0.240. The first kappa shape index (κ1) is 22.1. The number of benzene rings is 1. The largest absolute Gasteiger partial charge is 0.461 e. The first-order valence-corrected chi connectivity index (χ1v) is 10.5. The van der Waals surface area contributed by atoms with Crippen LogP contribution in [-0.2, 0) is 9.53 Å². The molecule has 4 rings (SSSR count). The lowest BCUT2D eigenvalue weighted by molar-refractivity contribution is -0.137. The summed E-state index contributed by atoms with van der Waals surface area (Å²) >= 11 is 0. The lowest BCUT2D eigenvalue weighted by atomic mass is 10.0. The van der Waals surface area contributed by atoms with Crippen LogP contribution in [0.4, 0.5) is 0 Å². The van der Waals surface area contributed by atoms with Gasteiger partial charge in [0, 0.05) is 49.1 Å². The van der Waals surface area contributed by atoms with Crippen molar-refractivity contribution in [2.75, 3.05) is 20.2 Å². The van der Waals surface area contributed by atoms with Crippen molar-refractivity contribution in [3.63, 3.8) is 0 Å². The zero-order valence-electron chi connectivity index (χ0n) is 18.3. The summed E-state index contributed by atoms with van der Waals surface area (Å²) in [6.07, 6.45) is 3.50. The van der Waals surface area contributed by atoms with Crippen molar-refractivity contribution < 1.29 is 19.4 Å². The normalized spacial score (nSPS) is 17.4. The molecule has 1 saturated heterocycles. The van der Waals surface area contributed by atoms with E-state index in [1.807, 2.05) is 6.07 Å². The van der Waals surface area contributed by atoms with E-state index in [1.165, 1.54) is 4.90 Å². The quantitative estimate of drug-likeness (QED) is 0.488. The zero-order valence-corrected chi connectivity index (χ0v) is 18.3. The van der Waals surface area contributed by atoms with Gasteiger partial charge in [-0.2, -0.15) is 0 Å². The van der Waals surface area contributed by atoms with E-state index in [2.05, 4.69) is 26.8 Å². The van der Waals surface area contributed by atoms with E-state index in [9.17, 15) is 14.7 Å². The summed E-state index contributed by atoms with van der Waals surface area (Å²) in [6.45, 7) is 2.41. The minimum Gasteiger partial charge on any atom is -0.461 e. The molecular formula is C25H22N4O4. The highest BCUT2D eigenvalue weighted by Crippen LogP contribution is 2.26. The second-order valence-corrected chi connectivity index (χ2v) is 7.59. The molecule has 0 spiro atoms. The van der Waals surface area contributed by atoms with E-state index in [0.29, 0.717) is 34.8 Å². The molecule has 0 radical (unpaired) electrons. The number of nitrogens with zero attached hydrogens (tertiary/aromatic N) is 4. The highest BCUT2D eigenvalue weighted by molar-refractivity contribution is 5.91. The molecule has 8 heteroatoms. The third kappa shape index (κ3) is 4.73. The molecule has 1 aliphatic rings. The van der Waals surface area contributed by atoms with E-state index < -0.39 is 17.5 Å². The molecule has 1 atom stereocenters. The number of aliphatic hydroxyl groups is 1. The van der Waals surface area contributed by atoms with Crippen LogP contribution in [-0.4, -0.2) is 62.6 Å². The number of likely N-dealkylation sites (N-methyl/N-ethyl adjacent to an activating group) is 1. The van der Waals surface area contributed by atoms with Crippen LogP contribution in [0.3, 0.4) is 0 Å². The van der Waals surface area contributed by atoms with E-state index in [1.54, 1.807) is 62.8 Å². The summed E-state index contributed by atoms with van der Waals surface area (Å²) in [5.74, 6) is 5.13. The minimum atomic E-state index is -1.68. The predicted octanol–water partition coefficient (Wildman–Crippen LogP) is 2.33. The molecule has 166 valence electrons. The number of likely N-dealkylation sites (tertiary alicyclic amines) is 1. The average molecular weight is 442 g/mol. The number of carbonyl (C=O) groups excluding carboxylic acids is 2. The molecule has 1 amide bonds. The summed E-state index contributed by atoms with van der Waals surface area (Å²) in [5, 5.41) is 10.5. The second-order valence-electron chi connectivity index (χ2n) is 7.59. The van der Waals surface area contributed by atoms with Crippen molar-refractivity contribution in [3.05, 3.63) is 66.1 Å². The van der Waals surface area contributed by atoms with Crippen molar-refractivity contribution in [2.45, 2.75) is 18.9 Å². The average Bonchev–Trinajstić information content (AvgIpc) is 3.11. The Kier molecular flexibility index (Phi) is 6.16. The van der Waals surface area contributed by atoms with Crippen molar-refractivity contribution >= 4 is 11.9 Å². The van der Waals surface area contributed by atoms with Crippen LogP contribution in [0.2, 0.25) is 0 Å². The minimum absolute atomic E-state index is 0.141. The standard InChI is InChI=1S/C25H22N4O4/c1-3-33-23(30)21-16-19(22-26-11-5-12-27-22)15-20(28-21)18-7-4-6-17(14-18)8-9-25(32)10-13-29(2)24(25)31/h4-7,11-12,14-16,32H,3,10,13H2,1-2H3. The Hall–Kier alpha value is -4.09. The van der Waals surface area contributed by atoms with E-state index in [-0.39, 0.29) is 18.7 Å². The molecule has 8 nitrogen and oxygen atoms in total. The van der Waals surface area contributed by atoms with E-state index >= 15 is 0 Å². The van der Waals surface area contributed by atoms with Crippen LogP contribution in [0.25, 0.3) is 22.6 Å². The van der Waals surface area contributed by atoms with Gasteiger partial charge in [0.25, 0.3) is 5.91 Å². The molecular weight excluding hydrogens is 420 g/mol. The first-order valence-electron chi connectivity index (χ1n) is 10.5. The SMILES string of the molecule is CCOC(=O)c1cc(-c2ncccn2)cc(-c2cccc(C#CC3(O)CCN(C)C3=O)c2)n1. The summed E-state index contributed by atoms with van der Waals surface area (Å²) in [5.41, 5.74) is 0.902. The molecule has 33 heavy (non-hydrogen) atoms. The highest BCUT2D eigenvalue weighted by Gasteiger charge is 2.42. The van der Waals surface area contributed by atoms with Gasteiger partial charge >= 0.3 is 5.97 Å². The monoisotopic (exact) mass is 442 g/mol. The zero-order chi connectivity index (χ0) is 23.4. The Morgan fingerprint density at radius 2 is 1.97 bits per heavy atom. The molecule has 0 saturated carbocycles. The maximum absolute atomic E-state index is 12.4. The molecule has 1 unspecified atom stereocenters. The number of ether oxygens (including phenoxy) is 1. The number of carbonyl (C=O) groups is 2. The van der Waals surface area contributed by atoms with Gasteiger partial charge in [0.1, 0.15) is 5.69 Å². The fourth-order valence-electron chi connectivity index (χ4n) is 3.47. The molecule has 1 N–H and O–H groups in total. The molecule has 0 bridgehead atoms. The number of esters is 1. The molecule has 1 aliphatic heterocycles. The van der Waals surface area contributed by atoms with Crippen LogP contribution in [0.5, 0.6) is 0 Å². The maximum atomic E-state index is 12.4. The smallest absolute Gasteiger partial charge is 0.356 e. The van der Waals surface area contributed by atoms with Gasteiger partial charge in [0.05, 0.1) is 12.3 Å². The Balaban J connectivity index is 1.73. The molecule has 3 aromatic rings. The fourth-order valence-corrected chi connectivity index (χ4v) is 3.47. The van der Waals surface area contributed by atoms with Gasteiger partial charge in [0.15, 0.2) is 5.82 Å². The lowest BCUT2D eigenvalue weighted by Gasteiger charge is -2.13. The van der Waals surface area contributed by atoms with Crippen molar-refractivity contribution in [1.82, 2.24) is 19.9 Å². The van der Waals surface area contributed by atoms with Gasteiger partial charge in [0.2, 0.25) is 5.60 Å². The topological polar surface area (TPSA) is 106 Å². The lowest BCUT2D eigenvalue weighted by Crippen LogP contribution is -2.37. The molecule has 1 aromatic carbocycles. The summed E-state index contributed by atoms with van der Waals surface area (Å²) in [7, 11) is 1.64. The van der Waals surface area contributed by atoms with Gasteiger partial charge in [-0.05, 0) is 37.3 Å². The number of pyridine rings is 1. The number of hydrogen-bond donors (Lipinski definition) is 1. The highest BCUT2D eigenvalue weighted by atomic mass is 16.5. The number of rotatable bonds is 4. The second kappa shape index (κ2) is 9.18. The van der Waals surface area contributed by atoms with Crippen LogP contribution in [0, 0.1) is 11.8 Å². The summed E-state index contributed by atoms with van der Waals surface area (Å²) in [4.78, 5) is 39.0.